The molecule has 5 nitrogen and oxygen atoms in total. The van der Waals surface area contributed by atoms with Crippen molar-refractivity contribution in [2.45, 2.75) is 19.4 Å². The van der Waals surface area contributed by atoms with E-state index < -0.39 is 10.2 Å². The van der Waals surface area contributed by atoms with Gasteiger partial charge in [0.25, 0.3) is 10.2 Å². The lowest BCUT2D eigenvalue weighted by Gasteiger charge is -2.01. The van der Waals surface area contributed by atoms with Crippen LogP contribution >= 0.6 is 0 Å². The van der Waals surface area contributed by atoms with Crippen LogP contribution in [0.25, 0.3) is 0 Å². The highest BCUT2D eigenvalue weighted by Gasteiger charge is 2.41. The van der Waals surface area contributed by atoms with Crippen LogP contribution in [0.4, 0.5) is 0 Å². The molecule has 0 bridgehead atoms. The molecule has 0 amide bonds. The van der Waals surface area contributed by atoms with E-state index >= 15 is 0 Å². The predicted octanol–water partition coefficient (Wildman–Crippen LogP) is -0.699. The Hall–Kier alpha value is -0.170. The Balaban J connectivity index is 2.17. The Bertz CT molecular complexity index is 239. The molecule has 0 radical (unpaired) electrons. The van der Waals surface area contributed by atoms with Crippen LogP contribution in [-0.2, 0) is 14.9 Å². The summed E-state index contributed by atoms with van der Waals surface area (Å²) in [6.07, 6.45) is 0.947. The maximum atomic E-state index is 10.7. The fraction of sp³-hybridized carbons (Fsp3) is 1.00. The van der Waals surface area contributed by atoms with Gasteiger partial charge in [-0.1, -0.05) is 6.92 Å². The Morgan fingerprint density at radius 2 is 2.33 bits per heavy atom. The van der Waals surface area contributed by atoms with E-state index in [1.54, 1.807) is 0 Å². The summed E-state index contributed by atoms with van der Waals surface area (Å²) in [4.78, 5) is 0. The minimum absolute atomic E-state index is 0.0217. The van der Waals surface area contributed by atoms with E-state index in [0.29, 0.717) is 19.8 Å². The standard InChI is InChI=1S/C6H14N2O3S/c1-2-3-11-5-6-4-8(6)12(7,9)10/h6H,2-5H2,1H3,(H2,7,9,10). The fourth-order valence-electron chi connectivity index (χ4n) is 0.972. The van der Waals surface area contributed by atoms with E-state index in [-0.39, 0.29) is 6.04 Å². The first kappa shape index (κ1) is 9.91. The van der Waals surface area contributed by atoms with E-state index in [0.717, 1.165) is 6.42 Å². The zero-order chi connectivity index (χ0) is 9.19. The summed E-state index contributed by atoms with van der Waals surface area (Å²) in [5, 5.41) is 4.88. The molecule has 12 heavy (non-hydrogen) atoms. The van der Waals surface area contributed by atoms with Crippen LogP contribution in [0.2, 0.25) is 0 Å². The second-order valence-electron chi connectivity index (χ2n) is 2.84. The third-order valence-electron chi connectivity index (χ3n) is 1.65. The van der Waals surface area contributed by atoms with Crippen LogP contribution in [0.5, 0.6) is 0 Å². The highest BCUT2D eigenvalue weighted by molar-refractivity contribution is 7.87. The van der Waals surface area contributed by atoms with Crippen LogP contribution in [0.3, 0.4) is 0 Å². The second kappa shape index (κ2) is 3.69. The van der Waals surface area contributed by atoms with Crippen molar-refractivity contribution in [3.8, 4) is 0 Å². The zero-order valence-corrected chi connectivity index (χ0v) is 7.88. The molecule has 1 saturated heterocycles. The molecule has 0 saturated carbocycles. The van der Waals surface area contributed by atoms with E-state index in [9.17, 15) is 8.42 Å². The number of nitrogens with zero attached hydrogens (tertiary/aromatic N) is 1. The zero-order valence-electron chi connectivity index (χ0n) is 7.06. The van der Waals surface area contributed by atoms with Gasteiger partial charge in [-0.25, -0.2) is 5.14 Å². The molecule has 1 aliphatic heterocycles. The molecule has 6 heteroatoms. The van der Waals surface area contributed by atoms with Crippen LogP contribution in [-0.4, -0.2) is 38.5 Å². The first-order valence-electron chi connectivity index (χ1n) is 3.93. The van der Waals surface area contributed by atoms with Gasteiger partial charge in [0.2, 0.25) is 0 Å². The molecule has 0 aromatic heterocycles. The summed E-state index contributed by atoms with van der Waals surface area (Å²) in [7, 11) is -3.46. The van der Waals surface area contributed by atoms with Crippen molar-refractivity contribution < 1.29 is 13.2 Å². The van der Waals surface area contributed by atoms with Gasteiger partial charge >= 0.3 is 0 Å². The number of hydrogen-bond donors (Lipinski definition) is 1. The molecule has 72 valence electrons. The smallest absolute Gasteiger partial charge is 0.277 e. The maximum Gasteiger partial charge on any atom is 0.277 e. The van der Waals surface area contributed by atoms with E-state index in [1.807, 2.05) is 6.92 Å². The van der Waals surface area contributed by atoms with Crippen molar-refractivity contribution in [1.29, 1.82) is 0 Å². The molecule has 0 spiro atoms. The quantitative estimate of drug-likeness (QED) is 0.464. The van der Waals surface area contributed by atoms with Gasteiger partial charge in [0.15, 0.2) is 0 Å². The van der Waals surface area contributed by atoms with Crippen LogP contribution in [0, 0.1) is 0 Å². The Kier molecular flexibility index (Phi) is 3.05. The van der Waals surface area contributed by atoms with Gasteiger partial charge in [0, 0.05) is 13.2 Å². The van der Waals surface area contributed by atoms with Gasteiger partial charge < -0.3 is 4.74 Å². The second-order valence-corrected chi connectivity index (χ2v) is 4.34. The van der Waals surface area contributed by atoms with Crippen LogP contribution < -0.4 is 5.14 Å². The molecule has 0 aliphatic carbocycles. The minimum atomic E-state index is -3.46. The van der Waals surface area contributed by atoms with Gasteiger partial charge in [-0.15, -0.1) is 0 Å². The van der Waals surface area contributed by atoms with Gasteiger partial charge in [-0.3, -0.25) is 0 Å². The van der Waals surface area contributed by atoms with Gasteiger partial charge in [-0.05, 0) is 6.42 Å². The SMILES string of the molecule is CCCOCC1CN1S(N)(=O)=O. The fourth-order valence-corrected chi connectivity index (χ4v) is 1.83. The van der Waals surface area contributed by atoms with Crippen LogP contribution in [0.15, 0.2) is 0 Å². The van der Waals surface area contributed by atoms with Crippen molar-refractivity contribution in [3.05, 3.63) is 0 Å². The summed E-state index contributed by atoms with van der Waals surface area (Å²) in [5.41, 5.74) is 0. The van der Waals surface area contributed by atoms with E-state index in [1.165, 1.54) is 4.31 Å². The highest BCUT2D eigenvalue weighted by Crippen LogP contribution is 2.19. The predicted molar refractivity (Wildman–Crippen MR) is 44.7 cm³/mol. The Labute approximate surface area is 72.7 Å². The number of rotatable bonds is 5. The summed E-state index contributed by atoms with van der Waals surface area (Å²) in [5.74, 6) is 0. The van der Waals surface area contributed by atoms with Crippen LogP contribution in [0.1, 0.15) is 13.3 Å². The van der Waals surface area contributed by atoms with E-state index in [4.69, 9.17) is 9.88 Å². The number of ether oxygens (including phenoxy) is 1. The molecular weight excluding hydrogens is 180 g/mol. The van der Waals surface area contributed by atoms with Crippen molar-refractivity contribution in [2.75, 3.05) is 19.8 Å². The lowest BCUT2D eigenvalue weighted by molar-refractivity contribution is 0.133. The Morgan fingerprint density at radius 3 is 2.75 bits per heavy atom. The maximum absolute atomic E-state index is 10.7. The molecule has 2 atom stereocenters. The first-order chi connectivity index (χ1) is 5.55. The average Bonchev–Trinajstić information content (AvgIpc) is 2.66. The molecule has 2 N–H and O–H groups in total. The third-order valence-corrected chi connectivity index (χ3v) is 2.75. The third kappa shape index (κ3) is 2.71. The van der Waals surface area contributed by atoms with Gasteiger partial charge in [0.1, 0.15) is 0 Å². The molecule has 1 rings (SSSR count). The lowest BCUT2D eigenvalue weighted by Crippen LogP contribution is -2.24. The van der Waals surface area contributed by atoms with E-state index in [2.05, 4.69) is 0 Å². The van der Waals surface area contributed by atoms with Crippen molar-refractivity contribution in [1.82, 2.24) is 4.31 Å². The summed E-state index contributed by atoms with van der Waals surface area (Å²) >= 11 is 0. The lowest BCUT2D eigenvalue weighted by atomic mass is 10.5. The minimum Gasteiger partial charge on any atom is -0.380 e. The molecule has 0 aromatic rings. The highest BCUT2D eigenvalue weighted by atomic mass is 32.2. The molecule has 2 unspecified atom stereocenters. The monoisotopic (exact) mass is 194 g/mol. The van der Waals surface area contributed by atoms with Gasteiger partial charge in [-0.2, -0.15) is 12.7 Å². The van der Waals surface area contributed by atoms with Gasteiger partial charge in [0.05, 0.1) is 12.6 Å². The molecule has 1 fully saturated rings. The average molecular weight is 194 g/mol. The Morgan fingerprint density at radius 1 is 1.67 bits per heavy atom. The summed E-state index contributed by atoms with van der Waals surface area (Å²) in [6, 6.07) is -0.0217. The topological polar surface area (TPSA) is 72.4 Å². The molecule has 1 aliphatic rings. The number of nitrogens with two attached hydrogens (primary N) is 1. The number of hydrogen-bond acceptors (Lipinski definition) is 3. The largest absolute Gasteiger partial charge is 0.380 e. The first-order valence-corrected chi connectivity index (χ1v) is 5.43. The summed E-state index contributed by atoms with van der Waals surface area (Å²) in [6.45, 7) is 3.64. The van der Waals surface area contributed by atoms with Crippen molar-refractivity contribution in [3.63, 3.8) is 0 Å². The molecule has 0 aromatic carbocycles. The normalized spacial score (nSPS) is 28.8. The summed E-state index contributed by atoms with van der Waals surface area (Å²) < 4.78 is 27.8. The molecular formula is C6H14N2O3S. The molecule has 1 heterocycles. The van der Waals surface area contributed by atoms with Crippen molar-refractivity contribution in [2.24, 2.45) is 5.14 Å². The van der Waals surface area contributed by atoms with Crippen molar-refractivity contribution >= 4 is 10.2 Å².